The molecule has 2 aromatic heterocycles. The van der Waals surface area contributed by atoms with E-state index in [0.717, 1.165) is 41.8 Å². The molecule has 2 N–H and O–H groups in total. The molecule has 0 aliphatic carbocycles. The SMILES string of the molecule is CCCCC(NC(=O)C1CCCN1c1ncnc2sccc12)C(=O)O. The van der Waals surface area contributed by atoms with Crippen molar-refractivity contribution in [1.29, 1.82) is 0 Å². The molecule has 25 heavy (non-hydrogen) atoms. The summed E-state index contributed by atoms with van der Waals surface area (Å²) in [5.74, 6) is -0.457. The lowest BCUT2D eigenvalue weighted by Gasteiger charge is -2.26. The molecular weight excluding hydrogens is 340 g/mol. The van der Waals surface area contributed by atoms with E-state index < -0.39 is 12.0 Å². The van der Waals surface area contributed by atoms with E-state index in [1.807, 2.05) is 23.3 Å². The highest BCUT2D eigenvalue weighted by molar-refractivity contribution is 7.16. The van der Waals surface area contributed by atoms with Gasteiger partial charge in [-0.15, -0.1) is 11.3 Å². The van der Waals surface area contributed by atoms with E-state index in [0.29, 0.717) is 12.8 Å². The van der Waals surface area contributed by atoms with Crippen LogP contribution in [0.5, 0.6) is 0 Å². The molecule has 2 unspecified atom stereocenters. The minimum absolute atomic E-state index is 0.233. The highest BCUT2D eigenvalue weighted by atomic mass is 32.1. The maximum atomic E-state index is 12.7. The summed E-state index contributed by atoms with van der Waals surface area (Å²) in [5, 5.41) is 14.9. The second-order valence-electron chi connectivity index (χ2n) is 6.23. The Labute approximate surface area is 150 Å². The molecule has 1 fully saturated rings. The third-order valence-electron chi connectivity index (χ3n) is 4.53. The van der Waals surface area contributed by atoms with Crippen LogP contribution >= 0.6 is 11.3 Å². The van der Waals surface area contributed by atoms with Gasteiger partial charge in [-0.25, -0.2) is 14.8 Å². The zero-order chi connectivity index (χ0) is 17.8. The van der Waals surface area contributed by atoms with Gasteiger partial charge in [0.25, 0.3) is 0 Å². The quantitative estimate of drug-likeness (QED) is 0.785. The standard InChI is InChI=1S/C17H22N4O3S/c1-2-3-5-12(17(23)24)20-15(22)13-6-4-8-21(13)14-11-7-9-25-16(11)19-10-18-14/h7,9-10,12-13H,2-6,8H2,1H3,(H,20,22)(H,23,24). The van der Waals surface area contributed by atoms with E-state index in [2.05, 4.69) is 15.3 Å². The van der Waals surface area contributed by atoms with Crippen LogP contribution in [-0.4, -0.2) is 45.6 Å². The first kappa shape index (κ1) is 17.6. The fraction of sp³-hybridized carbons (Fsp3) is 0.529. The number of carbonyl (C=O) groups excluding carboxylic acids is 1. The van der Waals surface area contributed by atoms with Crippen LogP contribution < -0.4 is 10.2 Å². The Morgan fingerprint density at radius 2 is 2.32 bits per heavy atom. The predicted octanol–water partition coefficient (Wildman–Crippen LogP) is 2.42. The molecule has 0 radical (unpaired) electrons. The number of carboxylic acid groups (broad SMARTS) is 1. The number of nitrogens with one attached hydrogen (secondary N) is 1. The van der Waals surface area contributed by atoms with Crippen molar-refractivity contribution in [2.45, 2.75) is 51.1 Å². The van der Waals surface area contributed by atoms with Gasteiger partial charge < -0.3 is 15.3 Å². The molecule has 0 saturated carbocycles. The number of thiophene rings is 1. The van der Waals surface area contributed by atoms with Crippen molar-refractivity contribution in [1.82, 2.24) is 15.3 Å². The number of fused-ring (bicyclic) bond motifs is 1. The summed E-state index contributed by atoms with van der Waals surface area (Å²) in [6, 6.07) is 0.743. The molecule has 3 heterocycles. The van der Waals surface area contributed by atoms with Gasteiger partial charge in [0.05, 0.1) is 5.39 Å². The molecule has 1 amide bonds. The van der Waals surface area contributed by atoms with Crippen molar-refractivity contribution in [2.75, 3.05) is 11.4 Å². The number of rotatable bonds is 7. The van der Waals surface area contributed by atoms with Crippen molar-refractivity contribution in [2.24, 2.45) is 0 Å². The number of amides is 1. The summed E-state index contributed by atoms with van der Waals surface area (Å²) in [6.07, 6.45) is 5.21. The number of hydrogen-bond acceptors (Lipinski definition) is 6. The number of aromatic nitrogens is 2. The van der Waals surface area contributed by atoms with Gasteiger partial charge in [0.1, 0.15) is 29.1 Å². The Bertz CT molecular complexity index is 763. The summed E-state index contributed by atoms with van der Waals surface area (Å²) >= 11 is 1.54. The lowest BCUT2D eigenvalue weighted by molar-refractivity contribution is -0.142. The fourth-order valence-corrected chi connectivity index (χ4v) is 3.96. The van der Waals surface area contributed by atoms with Crippen LogP contribution in [0.3, 0.4) is 0 Å². The van der Waals surface area contributed by atoms with Gasteiger partial charge in [-0.3, -0.25) is 4.79 Å². The van der Waals surface area contributed by atoms with Crippen molar-refractivity contribution < 1.29 is 14.7 Å². The summed E-state index contributed by atoms with van der Waals surface area (Å²) in [6.45, 7) is 2.73. The predicted molar refractivity (Wildman–Crippen MR) is 96.9 cm³/mol. The number of nitrogens with zero attached hydrogens (tertiary/aromatic N) is 3. The Hall–Kier alpha value is -2.22. The van der Waals surface area contributed by atoms with Gasteiger partial charge in [-0.1, -0.05) is 19.8 Å². The lowest BCUT2D eigenvalue weighted by atomic mass is 10.1. The van der Waals surface area contributed by atoms with Crippen LogP contribution in [0.15, 0.2) is 17.8 Å². The van der Waals surface area contributed by atoms with Crippen LogP contribution in [0.4, 0.5) is 5.82 Å². The zero-order valence-electron chi connectivity index (χ0n) is 14.1. The van der Waals surface area contributed by atoms with E-state index in [4.69, 9.17) is 0 Å². The maximum Gasteiger partial charge on any atom is 0.326 e. The van der Waals surface area contributed by atoms with Crippen LogP contribution in [-0.2, 0) is 9.59 Å². The highest BCUT2D eigenvalue weighted by Gasteiger charge is 2.34. The van der Waals surface area contributed by atoms with Gasteiger partial charge >= 0.3 is 5.97 Å². The van der Waals surface area contributed by atoms with Crippen molar-refractivity contribution in [3.05, 3.63) is 17.8 Å². The summed E-state index contributed by atoms with van der Waals surface area (Å²) in [5.41, 5.74) is 0. The molecule has 1 aliphatic heterocycles. The summed E-state index contributed by atoms with van der Waals surface area (Å²) in [4.78, 5) is 35.6. The van der Waals surface area contributed by atoms with E-state index in [1.54, 1.807) is 0 Å². The third kappa shape index (κ3) is 3.73. The van der Waals surface area contributed by atoms with Crippen molar-refractivity contribution in [3.8, 4) is 0 Å². The van der Waals surface area contributed by atoms with E-state index in [-0.39, 0.29) is 11.9 Å². The Morgan fingerprint density at radius 3 is 3.08 bits per heavy atom. The number of aliphatic carboxylic acids is 1. The smallest absolute Gasteiger partial charge is 0.326 e. The monoisotopic (exact) mass is 362 g/mol. The molecule has 7 nitrogen and oxygen atoms in total. The number of unbranched alkanes of at least 4 members (excludes halogenated alkanes) is 1. The first-order valence-electron chi connectivity index (χ1n) is 8.59. The van der Waals surface area contributed by atoms with Crippen molar-refractivity contribution >= 4 is 39.2 Å². The molecular formula is C17H22N4O3S. The average molecular weight is 362 g/mol. The third-order valence-corrected chi connectivity index (χ3v) is 5.35. The van der Waals surface area contributed by atoms with Gasteiger partial charge in [0.2, 0.25) is 5.91 Å². The van der Waals surface area contributed by atoms with Crippen molar-refractivity contribution in [3.63, 3.8) is 0 Å². The molecule has 0 aromatic carbocycles. The minimum atomic E-state index is -0.978. The minimum Gasteiger partial charge on any atom is -0.480 e. The van der Waals surface area contributed by atoms with Gasteiger partial charge in [-0.2, -0.15) is 0 Å². The molecule has 1 saturated heterocycles. The van der Waals surface area contributed by atoms with Gasteiger partial charge in [0, 0.05) is 6.54 Å². The molecule has 1 aliphatic rings. The summed E-state index contributed by atoms with van der Waals surface area (Å²) < 4.78 is 0. The first-order valence-corrected chi connectivity index (χ1v) is 9.47. The Balaban J connectivity index is 1.78. The molecule has 0 spiro atoms. The molecule has 0 bridgehead atoms. The topological polar surface area (TPSA) is 95.4 Å². The van der Waals surface area contributed by atoms with E-state index in [1.165, 1.54) is 17.7 Å². The first-order chi connectivity index (χ1) is 12.1. The zero-order valence-corrected chi connectivity index (χ0v) is 15.0. The molecule has 8 heteroatoms. The number of anilines is 1. The van der Waals surface area contributed by atoms with Gasteiger partial charge in [0.15, 0.2) is 0 Å². The molecule has 3 rings (SSSR count). The molecule has 134 valence electrons. The fourth-order valence-electron chi connectivity index (χ4n) is 3.23. The second-order valence-corrected chi connectivity index (χ2v) is 7.12. The van der Waals surface area contributed by atoms with E-state index >= 15 is 0 Å². The summed E-state index contributed by atoms with van der Waals surface area (Å²) in [7, 11) is 0. The van der Waals surface area contributed by atoms with Crippen LogP contribution in [0, 0.1) is 0 Å². The lowest BCUT2D eigenvalue weighted by Crippen LogP contribution is -2.49. The largest absolute Gasteiger partial charge is 0.480 e. The van der Waals surface area contributed by atoms with Crippen LogP contribution in [0.25, 0.3) is 10.2 Å². The average Bonchev–Trinajstić information content (AvgIpc) is 3.26. The van der Waals surface area contributed by atoms with Gasteiger partial charge in [-0.05, 0) is 30.7 Å². The Kier molecular flexibility index (Phi) is 5.47. The molecule has 2 aromatic rings. The van der Waals surface area contributed by atoms with E-state index in [9.17, 15) is 14.7 Å². The van der Waals surface area contributed by atoms with Crippen LogP contribution in [0.1, 0.15) is 39.0 Å². The number of hydrogen-bond donors (Lipinski definition) is 2. The maximum absolute atomic E-state index is 12.7. The van der Waals surface area contributed by atoms with Crippen LogP contribution in [0.2, 0.25) is 0 Å². The highest BCUT2D eigenvalue weighted by Crippen LogP contribution is 2.31. The normalized spacial score (nSPS) is 18.4. The number of carboxylic acids is 1. The number of carbonyl (C=O) groups is 2. The Morgan fingerprint density at radius 1 is 1.48 bits per heavy atom. The molecule has 2 atom stereocenters. The second kappa shape index (κ2) is 7.77.